The molecule has 0 radical (unpaired) electrons. The van der Waals surface area contributed by atoms with Crippen LogP contribution in [0.2, 0.25) is 0 Å². The van der Waals surface area contributed by atoms with Gasteiger partial charge in [0.05, 0.1) is 5.69 Å². The first-order valence-corrected chi connectivity index (χ1v) is 6.19. The molecule has 0 spiro atoms. The second-order valence-electron chi connectivity index (χ2n) is 4.57. The predicted octanol–water partition coefficient (Wildman–Crippen LogP) is 0.590. The molecule has 2 aromatic rings. The van der Waals surface area contributed by atoms with Crippen molar-refractivity contribution < 1.29 is 0 Å². The second kappa shape index (κ2) is 4.73. The largest absolute Gasteiger partial charge is 0.338 e. The zero-order valence-corrected chi connectivity index (χ0v) is 10.1. The van der Waals surface area contributed by atoms with E-state index >= 15 is 0 Å². The number of para-hydroxylation sites is 1. The fourth-order valence-electron chi connectivity index (χ4n) is 2.31. The maximum absolute atomic E-state index is 6.00. The molecule has 3 rings (SSSR count). The number of nitrogens with zero attached hydrogens (tertiary/aromatic N) is 5. The predicted molar refractivity (Wildman–Crippen MR) is 68.6 cm³/mol. The van der Waals surface area contributed by atoms with Crippen molar-refractivity contribution in [3.63, 3.8) is 0 Å². The first kappa shape index (κ1) is 11.2. The van der Waals surface area contributed by atoms with Crippen molar-refractivity contribution in [1.82, 2.24) is 20.2 Å². The van der Waals surface area contributed by atoms with Crippen molar-refractivity contribution >= 4 is 5.95 Å². The molecule has 94 valence electrons. The Labute approximate surface area is 105 Å². The molecule has 1 aliphatic heterocycles. The number of benzene rings is 1. The fraction of sp³-hybridized carbons (Fsp3) is 0.417. The van der Waals surface area contributed by atoms with Gasteiger partial charge in [-0.15, -0.1) is 0 Å². The number of rotatable bonds is 2. The average Bonchev–Trinajstić information content (AvgIpc) is 2.89. The lowest BCUT2D eigenvalue weighted by atomic mass is 10.1. The summed E-state index contributed by atoms with van der Waals surface area (Å²) in [6, 6.07) is 10.1. The van der Waals surface area contributed by atoms with E-state index in [1.807, 2.05) is 30.3 Å². The van der Waals surface area contributed by atoms with E-state index in [1.165, 1.54) is 0 Å². The molecule has 1 atom stereocenters. The average molecular weight is 244 g/mol. The number of anilines is 1. The Hall–Kier alpha value is -1.95. The third-order valence-electron chi connectivity index (χ3n) is 3.19. The van der Waals surface area contributed by atoms with Crippen LogP contribution in [0, 0.1) is 0 Å². The zero-order chi connectivity index (χ0) is 12.4. The minimum atomic E-state index is 0.208. The molecule has 0 unspecified atom stereocenters. The van der Waals surface area contributed by atoms with Crippen LogP contribution < -0.4 is 10.6 Å². The molecule has 0 amide bonds. The van der Waals surface area contributed by atoms with Crippen molar-refractivity contribution in [3.8, 4) is 5.69 Å². The van der Waals surface area contributed by atoms with Crippen LogP contribution in [0.4, 0.5) is 5.95 Å². The van der Waals surface area contributed by atoms with E-state index in [2.05, 4.69) is 20.4 Å². The van der Waals surface area contributed by atoms with Crippen molar-refractivity contribution in [2.45, 2.75) is 18.9 Å². The van der Waals surface area contributed by atoms with Crippen molar-refractivity contribution in [2.75, 3.05) is 18.0 Å². The summed E-state index contributed by atoms with van der Waals surface area (Å²) in [5.74, 6) is 0.774. The normalized spacial score (nSPS) is 20.1. The maximum atomic E-state index is 6.00. The lowest BCUT2D eigenvalue weighted by molar-refractivity contribution is 0.497. The molecule has 1 aliphatic rings. The van der Waals surface area contributed by atoms with Gasteiger partial charge in [0.15, 0.2) is 0 Å². The smallest absolute Gasteiger partial charge is 0.250 e. The molecule has 6 heteroatoms. The van der Waals surface area contributed by atoms with Gasteiger partial charge >= 0.3 is 0 Å². The van der Waals surface area contributed by atoms with E-state index in [0.29, 0.717) is 0 Å². The summed E-state index contributed by atoms with van der Waals surface area (Å²) >= 11 is 0. The van der Waals surface area contributed by atoms with Gasteiger partial charge in [-0.1, -0.05) is 23.3 Å². The Morgan fingerprint density at radius 3 is 2.83 bits per heavy atom. The topological polar surface area (TPSA) is 72.9 Å². The molecule has 0 bridgehead atoms. The lowest BCUT2D eigenvalue weighted by Gasteiger charge is -2.30. The fourth-order valence-corrected chi connectivity index (χ4v) is 2.31. The van der Waals surface area contributed by atoms with Crippen LogP contribution in [-0.4, -0.2) is 39.3 Å². The summed E-state index contributed by atoms with van der Waals surface area (Å²) in [5, 5.41) is 12.0. The molecule has 1 fully saturated rings. The monoisotopic (exact) mass is 244 g/mol. The highest BCUT2D eigenvalue weighted by molar-refractivity contribution is 5.40. The van der Waals surface area contributed by atoms with Crippen LogP contribution in [-0.2, 0) is 0 Å². The highest BCUT2D eigenvalue weighted by Crippen LogP contribution is 2.19. The molecule has 1 aromatic carbocycles. The minimum absolute atomic E-state index is 0.208. The van der Waals surface area contributed by atoms with Crippen LogP contribution in [0.15, 0.2) is 30.3 Å². The van der Waals surface area contributed by atoms with Gasteiger partial charge in [-0.05, 0) is 35.4 Å². The van der Waals surface area contributed by atoms with E-state index in [4.69, 9.17) is 5.73 Å². The molecule has 1 saturated heterocycles. The number of nitrogens with two attached hydrogens (primary N) is 1. The number of tetrazole rings is 1. The van der Waals surface area contributed by atoms with E-state index in [0.717, 1.165) is 37.6 Å². The summed E-state index contributed by atoms with van der Waals surface area (Å²) in [6.45, 7) is 1.77. The summed E-state index contributed by atoms with van der Waals surface area (Å²) < 4.78 is 1.76. The van der Waals surface area contributed by atoms with Crippen LogP contribution in [0.3, 0.4) is 0 Å². The maximum Gasteiger partial charge on any atom is 0.250 e. The number of hydrogen-bond donors (Lipinski definition) is 1. The quantitative estimate of drug-likeness (QED) is 0.837. The number of aromatic nitrogens is 4. The van der Waals surface area contributed by atoms with Gasteiger partial charge < -0.3 is 10.6 Å². The SMILES string of the molecule is N[C@@H]1CCCN(c2nnnn2-c2ccccc2)C1. The van der Waals surface area contributed by atoms with Crippen molar-refractivity contribution in [1.29, 1.82) is 0 Å². The summed E-state index contributed by atoms with van der Waals surface area (Å²) in [6.07, 6.45) is 2.16. The summed E-state index contributed by atoms with van der Waals surface area (Å²) in [7, 11) is 0. The minimum Gasteiger partial charge on any atom is -0.338 e. The first-order chi connectivity index (χ1) is 8.84. The molecule has 0 aliphatic carbocycles. The van der Waals surface area contributed by atoms with Gasteiger partial charge in [-0.25, -0.2) is 0 Å². The van der Waals surface area contributed by atoms with Crippen molar-refractivity contribution in [3.05, 3.63) is 30.3 Å². The Balaban J connectivity index is 1.92. The second-order valence-corrected chi connectivity index (χ2v) is 4.57. The van der Waals surface area contributed by atoms with Gasteiger partial charge in [-0.2, -0.15) is 4.68 Å². The van der Waals surface area contributed by atoms with Crippen LogP contribution >= 0.6 is 0 Å². The number of hydrogen-bond acceptors (Lipinski definition) is 5. The molecule has 18 heavy (non-hydrogen) atoms. The molecule has 0 saturated carbocycles. The third-order valence-corrected chi connectivity index (χ3v) is 3.19. The summed E-state index contributed by atoms with van der Waals surface area (Å²) in [5.41, 5.74) is 6.97. The highest BCUT2D eigenvalue weighted by Gasteiger charge is 2.22. The van der Waals surface area contributed by atoms with Crippen LogP contribution in [0.25, 0.3) is 5.69 Å². The Morgan fingerprint density at radius 2 is 2.06 bits per heavy atom. The Bertz CT molecular complexity index is 508. The zero-order valence-electron chi connectivity index (χ0n) is 10.1. The molecule has 2 N–H and O–H groups in total. The van der Waals surface area contributed by atoms with E-state index < -0.39 is 0 Å². The van der Waals surface area contributed by atoms with Gasteiger partial charge in [0.25, 0.3) is 0 Å². The molecule has 1 aromatic heterocycles. The molecule has 2 heterocycles. The first-order valence-electron chi connectivity index (χ1n) is 6.19. The number of piperidine rings is 1. The molecular weight excluding hydrogens is 228 g/mol. The van der Waals surface area contributed by atoms with E-state index in [-0.39, 0.29) is 6.04 Å². The van der Waals surface area contributed by atoms with Crippen LogP contribution in [0.1, 0.15) is 12.8 Å². The van der Waals surface area contributed by atoms with Crippen LogP contribution in [0.5, 0.6) is 0 Å². The van der Waals surface area contributed by atoms with Gasteiger partial charge in [0.1, 0.15) is 0 Å². The Morgan fingerprint density at radius 1 is 1.22 bits per heavy atom. The highest BCUT2D eigenvalue weighted by atomic mass is 15.6. The molecule has 6 nitrogen and oxygen atoms in total. The van der Waals surface area contributed by atoms with E-state index in [1.54, 1.807) is 4.68 Å². The standard InChI is InChI=1S/C12H16N6/c13-10-5-4-8-17(9-10)12-14-15-16-18(12)11-6-2-1-3-7-11/h1-3,6-7,10H,4-5,8-9,13H2/t10-/m1/s1. The molecular formula is C12H16N6. The van der Waals surface area contributed by atoms with Gasteiger partial charge in [-0.3, -0.25) is 0 Å². The Kier molecular flexibility index (Phi) is 2.93. The summed E-state index contributed by atoms with van der Waals surface area (Å²) in [4.78, 5) is 2.15. The van der Waals surface area contributed by atoms with Gasteiger partial charge in [0, 0.05) is 19.1 Å². The van der Waals surface area contributed by atoms with Crippen molar-refractivity contribution in [2.24, 2.45) is 5.73 Å². The van der Waals surface area contributed by atoms with E-state index in [9.17, 15) is 0 Å². The van der Waals surface area contributed by atoms with Gasteiger partial charge in [0.2, 0.25) is 5.95 Å². The third kappa shape index (κ3) is 2.06. The lowest BCUT2D eigenvalue weighted by Crippen LogP contribution is -2.43.